The number of hydrogen-bond acceptors (Lipinski definition) is 3. The van der Waals surface area contributed by atoms with Gasteiger partial charge in [-0.2, -0.15) is 0 Å². The Balaban J connectivity index is 1.62. The molecule has 4 heteroatoms. The summed E-state index contributed by atoms with van der Waals surface area (Å²) >= 11 is 0. The molecule has 2 aromatic carbocycles. The Morgan fingerprint density at radius 3 is 2.21 bits per heavy atom. The molecule has 0 spiro atoms. The van der Waals surface area contributed by atoms with Gasteiger partial charge in [0.2, 0.25) is 0 Å². The van der Waals surface area contributed by atoms with Crippen LogP contribution in [0.3, 0.4) is 0 Å². The normalized spacial score (nSPS) is 11.4. The van der Waals surface area contributed by atoms with Gasteiger partial charge >= 0.3 is 5.97 Å². The number of nitrogens with zero attached hydrogens (tertiary/aromatic N) is 1. The number of hydrogen-bond donors (Lipinski definition) is 0. The fraction of sp³-hybridized carbons (Fsp3) is 0.552. The Labute approximate surface area is 201 Å². The lowest BCUT2D eigenvalue weighted by Crippen LogP contribution is -2.43. The van der Waals surface area contributed by atoms with Crippen molar-refractivity contribution in [1.82, 2.24) is 0 Å². The summed E-state index contributed by atoms with van der Waals surface area (Å²) in [5, 5.41) is 0. The van der Waals surface area contributed by atoms with E-state index < -0.39 is 0 Å². The highest BCUT2D eigenvalue weighted by Gasteiger charge is 2.21. The van der Waals surface area contributed by atoms with Gasteiger partial charge < -0.3 is 14.0 Å². The van der Waals surface area contributed by atoms with E-state index in [1.54, 1.807) is 0 Å². The predicted molar refractivity (Wildman–Crippen MR) is 136 cm³/mol. The number of rotatable bonds is 17. The van der Waals surface area contributed by atoms with Crippen molar-refractivity contribution in [3.8, 4) is 5.75 Å². The van der Waals surface area contributed by atoms with E-state index in [0.717, 1.165) is 18.7 Å². The number of likely N-dealkylation sites (N-methyl/N-ethyl adjacent to an activating group) is 1. The highest BCUT2D eigenvalue weighted by molar-refractivity contribution is 5.70. The molecule has 33 heavy (non-hydrogen) atoms. The summed E-state index contributed by atoms with van der Waals surface area (Å²) in [6.45, 7) is 4.37. The highest BCUT2D eigenvalue weighted by Crippen LogP contribution is 2.21. The van der Waals surface area contributed by atoms with Crippen LogP contribution in [-0.4, -0.2) is 44.3 Å². The van der Waals surface area contributed by atoms with Crippen LogP contribution in [0, 0.1) is 0 Å². The average Bonchev–Trinajstić information content (AvgIpc) is 2.79. The molecular formula is C29H44NO3+. The first-order chi connectivity index (χ1) is 16.0. The molecule has 0 aliphatic heterocycles. The minimum atomic E-state index is -0.157. The van der Waals surface area contributed by atoms with Gasteiger partial charge in [-0.3, -0.25) is 0 Å². The maximum Gasteiger partial charge on any atom is 0.361 e. The lowest BCUT2D eigenvalue weighted by molar-refractivity contribution is -0.896. The molecule has 2 aromatic rings. The van der Waals surface area contributed by atoms with Crippen LogP contribution in [0.5, 0.6) is 5.75 Å². The topological polar surface area (TPSA) is 35.5 Å². The van der Waals surface area contributed by atoms with Crippen LogP contribution in [0.25, 0.3) is 0 Å². The van der Waals surface area contributed by atoms with Gasteiger partial charge in [0.25, 0.3) is 0 Å². The van der Waals surface area contributed by atoms with E-state index in [1.165, 1.54) is 56.1 Å². The lowest BCUT2D eigenvalue weighted by Gasteiger charge is -2.28. The third-order valence-corrected chi connectivity index (χ3v) is 5.84. The van der Waals surface area contributed by atoms with E-state index in [9.17, 15) is 4.79 Å². The van der Waals surface area contributed by atoms with Crippen molar-refractivity contribution in [1.29, 1.82) is 0 Å². The molecule has 0 unspecified atom stereocenters. The van der Waals surface area contributed by atoms with Crippen molar-refractivity contribution in [3.63, 3.8) is 0 Å². The highest BCUT2D eigenvalue weighted by atomic mass is 16.5. The molecule has 2 rings (SSSR count). The lowest BCUT2D eigenvalue weighted by atomic mass is 10.0. The fourth-order valence-corrected chi connectivity index (χ4v) is 4.08. The van der Waals surface area contributed by atoms with Crippen molar-refractivity contribution in [3.05, 3.63) is 65.7 Å². The summed E-state index contributed by atoms with van der Waals surface area (Å²) in [4.78, 5) is 12.3. The zero-order valence-corrected chi connectivity index (χ0v) is 21.1. The van der Waals surface area contributed by atoms with Gasteiger partial charge in [-0.25, -0.2) is 4.79 Å². The van der Waals surface area contributed by atoms with E-state index in [4.69, 9.17) is 9.47 Å². The maximum atomic E-state index is 12.3. The molecule has 0 fully saturated rings. The summed E-state index contributed by atoms with van der Waals surface area (Å²) in [5.41, 5.74) is 2.50. The first-order valence-corrected chi connectivity index (χ1v) is 12.7. The maximum absolute atomic E-state index is 12.3. The molecule has 0 heterocycles. The Bertz CT molecular complexity index is 788. The number of carbonyl (C=O) groups is 1. The Hall–Kier alpha value is -2.33. The second-order valence-corrected chi connectivity index (χ2v) is 9.64. The van der Waals surface area contributed by atoms with Crippen molar-refractivity contribution >= 4 is 5.97 Å². The first kappa shape index (κ1) is 26.9. The van der Waals surface area contributed by atoms with Gasteiger partial charge in [-0.1, -0.05) is 94.0 Å². The Morgan fingerprint density at radius 1 is 0.788 bits per heavy atom. The molecule has 4 nitrogen and oxygen atoms in total. The van der Waals surface area contributed by atoms with Gasteiger partial charge in [0.1, 0.15) is 12.3 Å². The number of benzene rings is 2. The number of para-hydroxylation sites is 1. The van der Waals surface area contributed by atoms with E-state index in [-0.39, 0.29) is 5.97 Å². The largest absolute Gasteiger partial charge is 0.493 e. The molecule has 182 valence electrons. The Morgan fingerprint density at radius 2 is 1.45 bits per heavy atom. The van der Waals surface area contributed by atoms with Crippen molar-refractivity contribution in [2.24, 2.45) is 0 Å². The van der Waals surface area contributed by atoms with Crippen LogP contribution in [0.15, 0.2) is 54.6 Å². The third-order valence-electron chi connectivity index (χ3n) is 5.84. The van der Waals surface area contributed by atoms with Crippen molar-refractivity contribution < 1.29 is 18.8 Å². The molecule has 0 saturated carbocycles. The fourth-order valence-electron chi connectivity index (χ4n) is 4.08. The molecule has 0 aromatic heterocycles. The van der Waals surface area contributed by atoms with E-state index >= 15 is 0 Å². The van der Waals surface area contributed by atoms with Crippen LogP contribution in [0.4, 0.5) is 0 Å². The zero-order chi connectivity index (χ0) is 23.8. The second-order valence-electron chi connectivity index (χ2n) is 9.64. The summed E-state index contributed by atoms with van der Waals surface area (Å²) in [5.74, 6) is 0.811. The summed E-state index contributed by atoms with van der Waals surface area (Å²) in [7, 11) is 4.11. The Kier molecular flexibility index (Phi) is 12.6. The van der Waals surface area contributed by atoms with Crippen LogP contribution >= 0.6 is 0 Å². The van der Waals surface area contributed by atoms with Gasteiger partial charge in [0.15, 0.2) is 6.54 Å². The number of esters is 1. The summed E-state index contributed by atoms with van der Waals surface area (Å²) < 4.78 is 12.1. The van der Waals surface area contributed by atoms with Crippen molar-refractivity contribution in [2.75, 3.05) is 33.9 Å². The SMILES string of the molecule is CCCCCCCCCc1ccccc1OCCCOC(=O)C[N+](C)(C)Cc1ccccc1. The number of ether oxygens (including phenoxy) is 2. The number of unbranched alkanes of at least 4 members (excludes halogenated alkanes) is 6. The molecule has 0 aliphatic carbocycles. The quantitative estimate of drug-likeness (QED) is 0.154. The average molecular weight is 455 g/mol. The molecule has 0 saturated heterocycles. The molecule has 0 bridgehead atoms. The summed E-state index contributed by atoms with van der Waals surface area (Å²) in [6, 6.07) is 18.6. The molecule has 0 atom stereocenters. The van der Waals surface area contributed by atoms with Crippen LogP contribution in [0.1, 0.15) is 69.4 Å². The molecule has 0 amide bonds. The van der Waals surface area contributed by atoms with Gasteiger partial charge in [-0.05, 0) is 24.5 Å². The third kappa shape index (κ3) is 11.9. The van der Waals surface area contributed by atoms with Crippen molar-refractivity contribution in [2.45, 2.75) is 71.3 Å². The monoisotopic (exact) mass is 454 g/mol. The van der Waals surface area contributed by atoms with Crippen LogP contribution in [0.2, 0.25) is 0 Å². The number of aryl methyl sites for hydroxylation is 1. The van der Waals surface area contributed by atoms with Gasteiger partial charge in [-0.15, -0.1) is 0 Å². The molecule has 0 radical (unpaired) electrons. The van der Waals surface area contributed by atoms with E-state index in [2.05, 4.69) is 45.3 Å². The van der Waals surface area contributed by atoms with Gasteiger partial charge in [0, 0.05) is 12.0 Å². The first-order valence-electron chi connectivity index (χ1n) is 12.7. The minimum Gasteiger partial charge on any atom is -0.493 e. The smallest absolute Gasteiger partial charge is 0.361 e. The van der Waals surface area contributed by atoms with E-state index in [1.807, 2.05) is 30.3 Å². The van der Waals surface area contributed by atoms with Gasteiger partial charge in [0.05, 0.1) is 27.3 Å². The standard InChI is InChI=1S/C29H44NO3/c1-4-5-6-7-8-9-13-19-27-20-14-15-21-28(27)32-22-16-23-33-29(31)25-30(2,3)24-26-17-11-10-12-18-26/h10-12,14-15,17-18,20-21H,4-9,13,16,19,22-25H2,1-3H3/q+1. The number of quaternary nitrogens is 1. The molecular weight excluding hydrogens is 410 g/mol. The van der Waals surface area contributed by atoms with E-state index in [0.29, 0.717) is 30.7 Å². The zero-order valence-electron chi connectivity index (χ0n) is 21.1. The predicted octanol–water partition coefficient (Wildman–Crippen LogP) is 6.57. The van der Waals surface area contributed by atoms with Crippen LogP contribution in [-0.2, 0) is 22.5 Å². The minimum absolute atomic E-state index is 0.157. The molecule has 0 N–H and O–H groups in total. The summed E-state index contributed by atoms with van der Waals surface area (Å²) in [6.07, 6.45) is 11.0. The number of carbonyl (C=O) groups excluding carboxylic acids is 1. The molecule has 0 aliphatic rings. The van der Waals surface area contributed by atoms with Crippen LogP contribution < -0.4 is 4.74 Å². The second kappa shape index (κ2) is 15.5.